The van der Waals surface area contributed by atoms with Crippen LogP contribution in [0.5, 0.6) is 0 Å². The van der Waals surface area contributed by atoms with Crippen LogP contribution in [-0.2, 0) is 19.4 Å². The van der Waals surface area contributed by atoms with E-state index in [1.54, 1.807) is 19.2 Å². The van der Waals surface area contributed by atoms with Crippen molar-refractivity contribution in [3.63, 3.8) is 0 Å². The minimum absolute atomic E-state index is 0.126. The predicted octanol–water partition coefficient (Wildman–Crippen LogP) is 3.48. The van der Waals surface area contributed by atoms with Gasteiger partial charge in [-0.05, 0) is 48.9 Å². The number of pyridine rings is 1. The third kappa shape index (κ3) is 4.38. The lowest BCUT2D eigenvalue weighted by molar-refractivity contribution is 0.0963. The molecule has 1 aromatic carbocycles. The van der Waals surface area contributed by atoms with E-state index in [2.05, 4.69) is 17.5 Å². The average molecular weight is 387 g/mol. The first-order chi connectivity index (χ1) is 14.1. The van der Waals surface area contributed by atoms with Crippen LogP contribution >= 0.6 is 0 Å². The summed E-state index contributed by atoms with van der Waals surface area (Å²) in [4.78, 5) is 18.5. The number of anilines is 1. The van der Waals surface area contributed by atoms with Crippen molar-refractivity contribution < 1.29 is 4.79 Å². The number of aryl methyl sites for hydroxylation is 1. The fourth-order valence-corrected chi connectivity index (χ4v) is 3.84. The number of fused-ring (bicyclic) bond motifs is 1. The first kappa shape index (κ1) is 20.4. The molecule has 0 radical (unpaired) electrons. The second-order valence-corrected chi connectivity index (χ2v) is 7.38. The first-order valence-electron chi connectivity index (χ1n) is 9.97. The van der Waals surface area contributed by atoms with Crippen LogP contribution in [0.3, 0.4) is 0 Å². The number of amides is 1. The Morgan fingerprint density at radius 2 is 1.72 bits per heavy atom. The van der Waals surface area contributed by atoms with Gasteiger partial charge in [0.15, 0.2) is 0 Å². The van der Waals surface area contributed by atoms with Crippen molar-refractivity contribution in [3.8, 4) is 12.1 Å². The van der Waals surface area contributed by atoms with E-state index in [0.29, 0.717) is 29.1 Å². The molecule has 6 heteroatoms. The Morgan fingerprint density at radius 3 is 2.34 bits per heavy atom. The number of aromatic nitrogens is 1. The van der Waals surface area contributed by atoms with E-state index in [9.17, 15) is 15.3 Å². The van der Waals surface area contributed by atoms with E-state index in [4.69, 9.17) is 4.98 Å². The van der Waals surface area contributed by atoms with Gasteiger partial charge in [-0.1, -0.05) is 25.0 Å². The Hall–Kier alpha value is -3.38. The van der Waals surface area contributed by atoms with Crippen LogP contribution in [0, 0.1) is 22.7 Å². The van der Waals surface area contributed by atoms with Crippen molar-refractivity contribution >= 4 is 11.7 Å². The van der Waals surface area contributed by atoms with Gasteiger partial charge in [0.2, 0.25) is 0 Å². The number of hydrogen-bond acceptors (Lipinski definition) is 5. The first-order valence-corrected chi connectivity index (χ1v) is 9.97. The molecule has 0 spiro atoms. The van der Waals surface area contributed by atoms with E-state index in [0.717, 1.165) is 48.9 Å². The number of rotatable bonds is 4. The Kier molecular flexibility index (Phi) is 6.46. The molecule has 6 nitrogen and oxygen atoms in total. The van der Waals surface area contributed by atoms with E-state index < -0.39 is 0 Å². The summed E-state index contributed by atoms with van der Waals surface area (Å²) in [5.41, 5.74) is 4.35. The molecule has 1 N–H and O–H groups in total. The third-order valence-corrected chi connectivity index (χ3v) is 5.40. The van der Waals surface area contributed by atoms with Gasteiger partial charge in [-0.2, -0.15) is 10.5 Å². The van der Waals surface area contributed by atoms with Crippen molar-refractivity contribution in [1.29, 1.82) is 10.5 Å². The van der Waals surface area contributed by atoms with E-state index >= 15 is 0 Å². The molecular formula is C23H25N5O. The van der Waals surface area contributed by atoms with Crippen molar-refractivity contribution in [3.05, 3.63) is 57.8 Å². The minimum atomic E-state index is -0.126. The monoisotopic (exact) mass is 387 g/mol. The lowest BCUT2D eigenvalue weighted by Gasteiger charge is -2.23. The van der Waals surface area contributed by atoms with Gasteiger partial charge in [0.1, 0.15) is 23.5 Å². The number of hydrogen-bond donors (Lipinski definition) is 1. The maximum absolute atomic E-state index is 11.7. The molecule has 0 unspecified atom stereocenters. The summed E-state index contributed by atoms with van der Waals surface area (Å²) in [6, 6.07) is 11.8. The van der Waals surface area contributed by atoms with Crippen molar-refractivity contribution in [1.82, 2.24) is 10.3 Å². The van der Waals surface area contributed by atoms with Gasteiger partial charge in [-0.25, -0.2) is 4.98 Å². The molecule has 1 amide bonds. The zero-order valence-corrected chi connectivity index (χ0v) is 17.0. The second-order valence-electron chi connectivity index (χ2n) is 7.38. The van der Waals surface area contributed by atoms with Gasteiger partial charge in [0, 0.05) is 31.9 Å². The Balaban J connectivity index is 1.94. The zero-order valence-electron chi connectivity index (χ0n) is 17.0. The van der Waals surface area contributed by atoms with Crippen molar-refractivity contribution in [2.24, 2.45) is 0 Å². The van der Waals surface area contributed by atoms with E-state index in [1.807, 2.05) is 24.1 Å². The molecule has 0 bridgehead atoms. The van der Waals surface area contributed by atoms with Crippen molar-refractivity contribution in [2.75, 3.05) is 19.0 Å². The lowest BCUT2D eigenvalue weighted by atomic mass is 9.91. The molecule has 0 atom stereocenters. The van der Waals surface area contributed by atoms with Crippen LogP contribution in [0.15, 0.2) is 24.3 Å². The number of nitriles is 2. The van der Waals surface area contributed by atoms with Crippen molar-refractivity contribution in [2.45, 2.75) is 45.1 Å². The highest BCUT2D eigenvalue weighted by molar-refractivity contribution is 5.93. The molecule has 2 aromatic rings. The summed E-state index contributed by atoms with van der Waals surface area (Å²) in [6.07, 6.45) is 6.07. The van der Waals surface area contributed by atoms with Crippen LogP contribution in [0.4, 0.5) is 5.82 Å². The highest BCUT2D eigenvalue weighted by Crippen LogP contribution is 2.30. The molecule has 1 heterocycles. The highest BCUT2D eigenvalue weighted by atomic mass is 16.1. The minimum Gasteiger partial charge on any atom is -0.355 e. The average Bonchev–Trinajstić information content (AvgIpc) is 2.73. The zero-order chi connectivity index (χ0) is 20.8. The fourth-order valence-electron chi connectivity index (χ4n) is 3.84. The number of nitrogens with zero attached hydrogens (tertiary/aromatic N) is 4. The van der Waals surface area contributed by atoms with Gasteiger partial charge in [0.05, 0.1) is 5.56 Å². The lowest BCUT2D eigenvalue weighted by Crippen LogP contribution is -2.22. The number of benzene rings is 1. The fraction of sp³-hybridized carbons (Fsp3) is 0.391. The number of nitrogens with one attached hydrogen (secondary N) is 1. The van der Waals surface area contributed by atoms with Crippen LogP contribution in [0.2, 0.25) is 0 Å². The molecular weight excluding hydrogens is 362 g/mol. The third-order valence-electron chi connectivity index (χ3n) is 5.40. The van der Waals surface area contributed by atoms with Crippen LogP contribution in [-0.4, -0.2) is 25.0 Å². The summed E-state index contributed by atoms with van der Waals surface area (Å²) < 4.78 is 0. The maximum atomic E-state index is 11.7. The second kappa shape index (κ2) is 9.21. The predicted molar refractivity (Wildman–Crippen MR) is 111 cm³/mol. The smallest absolute Gasteiger partial charge is 0.251 e. The van der Waals surface area contributed by atoms with E-state index in [-0.39, 0.29) is 5.91 Å². The molecule has 3 rings (SSSR count). The number of carbonyl (C=O) groups is 1. The van der Waals surface area contributed by atoms with E-state index in [1.165, 1.54) is 6.42 Å². The molecule has 1 aliphatic carbocycles. The molecule has 0 fully saturated rings. The van der Waals surface area contributed by atoms with Crippen LogP contribution in [0.25, 0.3) is 0 Å². The highest BCUT2D eigenvalue weighted by Gasteiger charge is 2.22. The van der Waals surface area contributed by atoms with Gasteiger partial charge < -0.3 is 10.2 Å². The molecule has 148 valence electrons. The van der Waals surface area contributed by atoms with Crippen LogP contribution < -0.4 is 10.2 Å². The summed E-state index contributed by atoms with van der Waals surface area (Å²) >= 11 is 0. The SMILES string of the molecule is CNC(=O)c1ccc(CN(C)c2nc3c(c(C#N)c2C#N)CCCCCC3)cc1. The topological polar surface area (TPSA) is 92.8 Å². The van der Waals surface area contributed by atoms with Gasteiger partial charge in [-0.3, -0.25) is 4.79 Å². The molecule has 0 saturated carbocycles. The molecule has 1 aromatic heterocycles. The Morgan fingerprint density at radius 1 is 1.07 bits per heavy atom. The van der Waals surface area contributed by atoms with Gasteiger partial charge in [-0.15, -0.1) is 0 Å². The standard InChI is InChI=1S/C23H25N5O/c1-26-23(29)17-11-9-16(10-12-17)15-28(2)22-20(14-25)19(13-24)18-7-5-3-4-6-8-21(18)27-22/h9-12H,3-8,15H2,1-2H3,(H,26,29). The van der Waals surface area contributed by atoms with Gasteiger partial charge >= 0.3 is 0 Å². The summed E-state index contributed by atoms with van der Waals surface area (Å²) in [6.45, 7) is 0.527. The summed E-state index contributed by atoms with van der Waals surface area (Å²) in [5.74, 6) is 0.428. The van der Waals surface area contributed by atoms with Gasteiger partial charge in [0.25, 0.3) is 5.91 Å². The number of carbonyl (C=O) groups excluding carboxylic acids is 1. The normalized spacial score (nSPS) is 13.2. The largest absolute Gasteiger partial charge is 0.355 e. The Labute approximate surface area is 171 Å². The molecule has 29 heavy (non-hydrogen) atoms. The van der Waals surface area contributed by atoms with Crippen LogP contribution in [0.1, 0.15) is 64.0 Å². The maximum Gasteiger partial charge on any atom is 0.251 e. The molecule has 0 saturated heterocycles. The quantitative estimate of drug-likeness (QED) is 0.867. The summed E-state index contributed by atoms with van der Waals surface area (Å²) in [7, 11) is 3.48. The molecule has 1 aliphatic rings. The molecule has 0 aliphatic heterocycles. The Bertz CT molecular complexity index is 982. The summed E-state index contributed by atoms with van der Waals surface area (Å²) in [5, 5.41) is 22.2.